The van der Waals surface area contributed by atoms with Crippen LogP contribution in [0, 0.1) is 0 Å². The highest BCUT2D eigenvalue weighted by molar-refractivity contribution is 6.03. The van der Waals surface area contributed by atoms with E-state index in [0.29, 0.717) is 5.92 Å². The van der Waals surface area contributed by atoms with Crippen molar-refractivity contribution in [2.24, 2.45) is 0 Å². The smallest absolute Gasteiger partial charge is 0.410 e. The minimum Gasteiger partial charge on any atom is -0.410 e. The average molecular weight is 869 g/mol. The fraction of sp³-hybridized carbons (Fsp3) is 0.339. The van der Waals surface area contributed by atoms with Crippen molar-refractivity contribution in [3.8, 4) is 50.4 Å². The molecule has 5 heterocycles. The van der Waals surface area contributed by atoms with Crippen molar-refractivity contribution < 1.29 is 9.30 Å². The first-order valence-electron chi connectivity index (χ1n) is 24.2. The Morgan fingerprint density at radius 2 is 1.20 bits per heavy atom. The van der Waals surface area contributed by atoms with Gasteiger partial charge in [0.05, 0.1) is 22.6 Å². The minimum absolute atomic E-state index is 0.0765. The Bertz CT molecular complexity index is 3130. The van der Waals surface area contributed by atoms with Crippen molar-refractivity contribution in [1.29, 1.82) is 0 Å². The summed E-state index contributed by atoms with van der Waals surface area (Å²) in [5.74, 6) is 0.331. The number of fused-ring (bicyclic) bond motifs is 5. The predicted octanol–water partition coefficient (Wildman–Crippen LogP) is 16.0. The number of para-hydroxylation sites is 1. The third kappa shape index (κ3) is 6.12. The molecule has 4 aliphatic rings. The SMILES string of the molecule is CC(C)c1ccc(N2c3cccc4c3N3C2c2cc(C(C)(C)C)cc(C(C)(C)C)c2OC32c3c-4cc(C(C)(C)C)cc3-c3cc(-c4ccc(C(C)(C)C)cc4)cc[n+]32)c(-c2ccccc2)c1. The molecule has 11 rings (SSSR count). The Morgan fingerprint density at radius 1 is 0.530 bits per heavy atom. The zero-order chi connectivity index (χ0) is 46.6. The van der Waals surface area contributed by atoms with Crippen LogP contribution in [0.1, 0.15) is 148 Å². The van der Waals surface area contributed by atoms with E-state index in [2.05, 4.69) is 245 Å². The van der Waals surface area contributed by atoms with E-state index in [4.69, 9.17) is 4.74 Å². The number of hydrogen-bond donors (Lipinski definition) is 0. The van der Waals surface area contributed by atoms with Gasteiger partial charge in [0.2, 0.25) is 5.69 Å². The second-order valence-corrected chi connectivity index (χ2v) is 23.9. The molecule has 4 heteroatoms. The summed E-state index contributed by atoms with van der Waals surface area (Å²) in [5, 5.41) is 0. The van der Waals surface area contributed by atoms with Gasteiger partial charge in [0, 0.05) is 39.9 Å². The molecule has 0 N–H and O–H groups in total. The Hall–Kier alpha value is -6.13. The quantitative estimate of drug-likeness (QED) is 0.164. The van der Waals surface area contributed by atoms with E-state index >= 15 is 0 Å². The summed E-state index contributed by atoms with van der Waals surface area (Å²) >= 11 is 0. The van der Waals surface area contributed by atoms with E-state index in [-0.39, 0.29) is 27.8 Å². The molecule has 0 bridgehead atoms. The topological polar surface area (TPSA) is 19.6 Å². The molecule has 4 nitrogen and oxygen atoms in total. The van der Waals surface area contributed by atoms with E-state index < -0.39 is 5.85 Å². The first-order valence-corrected chi connectivity index (χ1v) is 24.2. The molecule has 0 fully saturated rings. The number of rotatable bonds is 4. The molecule has 6 aromatic carbocycles. The fourth-order valence-electron chi connectivity index (χ4n) is 11.1. The molecule has 1 spiro atoms. The molecular weight excluding hydrogens is 803 g/mol. The molecule has 0 amide bonds. The van der Waals surface area contributed by atoms with E-state index in [1.54, 1.807) is 0 Å². The zero-order valence-electron chi connectivity index (χ0n) is 41.6. The Morgan fingerprint density at radius 3 is 1.85 bits per heavy atom. The van der Waals surface area contributed by atoms with Crippen molar-refractivity contribution in [3.05, 3.63) is 173 Å². The van der Waals surface area contributed by atoms with E-state index in [1.165, 1.54) is 101 Å². The minimum atomic E-state index is -1.03. The van der Waals surface area contributed by atoms with Crippen molar-refractivity contribution >= 4 is 17.1 Å². The van der Waals surface area contributed by atoms with Gasteiger partial charge in [0.25, 0.3) is 0 Å². The summed E-state index contributed by atoms with van der Waals surface area (Å²) in [6.45, 7) is 32.6. The van der Waals surface area contributed by atoms with Gasteiger partial charge in [0.1, 0.15) is 17.5 Å². The summed E-state index contributed by atoms with van der Waals surface area (Å²) in [4.78, 5) is 5.36. The van der Waals surface area contributed by atoms with Crippen molar-refractivity contribution in [2.45, 2.75) is 137 Å². The molecular formula is C62H66N3O+. The van der Waals surface area contributed by atoms with Crippen molar-refractivity contribution in [2.75, 3.05) is 9.80 Å². The lowest BCUT2D eigenvalue weighted by molar-refractivity contribution is -0.774. The first kappa shape index (κ1) is 42.5. The maximum Gasteiger partial charge on any atom is 0.432 e. The fourth-order valence-corrected chi connectivity index (χ4v) is 11.1. The molecule has 0 saturated carbocycles. The van der Waals surface area contributed by atoms with E-state index in [0.717, 1.165) is 5.75 Å². The van der Waals surface area contributed by atoms with E-state index in [9.17, 15) is 0 Å². The Labute approximate surface area is 393 Å². The standard InChI is InChI=1S/C62H66N3O/c1-37(2)40-25-28-51(46(31-40)39-19-16-15-17-20-39)64-52-22-18-21-45-47-33-43(59(6,7)8)34-48-53-32-41(38-23-26-42(27-24-38)58(3,4)5)29-30-63(53)62(54(47)48)65(55(45)52)57(64)49-35-44(60(9,10)11)36-50(56(49)66-62)61(12,13)14/h15-37,57H,1-14H3/q+1. The summed E-state index contributed by atoms with van der Waals surface area (Å²) in [7, 11) is 0. The highest BCUT2D eigenvalue weighted by Gasteiger charge is 2.70. The number of ether oxygens (including phenoxy) is 1. The number of nitrogens with zero attached hydrogens (tertiary/aromatic N) is 3. The van der Waals surface area contributed by atoms with Crippen molar-refractivity contribution in [3.63, 3.8) is 0 Å². The van der Waals surface area contributed by atoms with Crippen LogP contribution < -0.4 is 19.1 Å². The van der Waals surface area contributed by atoms with Crippen LogP contribution in [0.15, 0.2) is 134 Å². The van der Waals surface area contributed by atoms with Crippen LogP contribution in [0.2, 0.25) is 0 Å². The van der Waals surface area contributed by atoms with Crippen LogP contribution in [0.5, 0.6) is 5.75 Å². The lowest BCUT2D eigenvalue weighted by Gasteiger charge is -2.49. The van der Waals surface area contributed by atoms with Crippen LogP contribution in [0.3, 0.4) is 0 Å². The summed E-state index contributed by atoms with van der Waals surface area (Å²) < 4.78 is 10.7. The highest BCUT2D eigenvalue weighted by atomic mass is 16.5. The molecule has 0 saturated heterocycles. The van der Waals surface area contributed by atoms with Gasteiger partial charge in [0.15, 0.2) is 6.20 Å². The van der Waals surface area contributed by atoms with Gasteiger partial charge in [-0.05, 0) is 103 Å². The average Bonchev–Trinajstić information content (AvgIpc) is 3.76. The molecule has 66 heavy (non-hydrogen) atoms. The molecule has 2 unspecified atom stereocenters. The van der Waals surface area contributed by atoms with Crippen LogP contribution in [-0.4, -0.2) is 0 Å². The number of anilines is 3. The highest BCUT2D eigenvalue weighted by Crippen LogP contribution is 2.68. The molecule has 7 aromatic rings. The van der Waals surface area contributed by atoms with Gasteiger partial charge in [-0.15, -0.1) is 4.57 Å². The Kier molecular flexibility index (Phi) is 8.99. The van der Waals surface area contributed by atoms with Crippen LogP contribution in [0.4, 0.5) is 17.1 Å². The lowest BCUT2D eigenvalue weighted by atomic mass is 9.77. The molecule has 0 aliphatic carbocycles. The maximum atomic E-state index is 8.20. The number of hydrogen-bond acceptors (Lipinski definition) is 3. The van der Waals surface area contributed by atoms with Crippen molar-refractivity contribution in [1.82, 2.24) is 0 Å². The summed E-state index contributed by atoms with van der Waals surface area (Å²) in [6, 6.07) is 49.1. The number of aromatic nitrogens is 1. The normalized spacial score (nSPS) is 18.0. The van der Waals surface area contributed by atoms with Gasteiger partial charge in [-0.3, -0.25) is 0 Å². The third-order valence-electron chi connectivity index (χ3n) is 14.9. The van der Waals surface area contributed by atoms with Gasteiger partial charge in [-0.25, -0.2) is 4.90 Å². The third-order valence-corrected chi connectivity index (χ3v) is 14.9. The number of benzene rings is 6. The monoisotopic (exact) mass is 869 g/mol. The zero-order valence-corrected chi connectivity index (χ0v) is 41.6. The van der Waals surface area contributed by atoms with Crippen LogP contribution >= 0.6 is 0 Å². The second kappa shape index (κ2) is 14.0. The molecule has 334 valence electrons. The van der Waals surface area contributed by atoms with Crippen LogP contribution in [0.25, 0.3) is 44.6 Å². The molecule has 1 aromatic heterocycles. The lowest BCUT2D eigenvalue weighted by Crippen LogP contribution is -2.71. The molecule has 0 radical (unpaired) electrons. The first-order chi connectivity index (χ1) is 31.1. The van der Waals surface area contributed by atoms with Gasteiger partial charge < -0.3 is 9.64 Å². The predicted molar refractivity (Wildman–Crippen MR) is 275 cm³/mol. The van der Waals surface area contributed by atoms with E-state index in [1.807, 2.05) is 0 Å². The van der Waals surface area contributed by atoms with Crippen LogP contribution in [-0.2, 0) is 27.5 Å². The number of pyridine rings is 1. The summed E-state index contributed by atoms with van der Waals surface area (Å²) in [6.07, 6.45) is 2.08. The van der Waals surface area contributed by atoms with Gasteiger partial charge in [-0.1, -0.05) is 176 Å². The molecule has 4 aliphatic heterocycles. The summed E-state index contributed by atoms with van der Waals surface area (Å²) in [5.41, 5.74) is 22.0. The molecule has 2 atom stereocenters. The Balaban J connectivity index is 1.28. The maximum absolute atomic E-state index is 8.20. The van der Waals surface area contributed by atoms with Gasteiger partial charge >= 0.3 is 5.85 Å². The second-order valence-electron chi connectivity index (χ2n) is 23.9. The van der Waals surface area contributed by atoms with Gasteiger partial charge in [-0.2, -0.15) is 0 Å². The largest absolute Gasteiger partial charge is 0.432 e.